The average Bonchev–Trinajstić information content (AvgIpc) is 3.41. The lowest BCUT2D eigenvalue weighted by atomic mass is 10.1. The fourth-order valence-corrected chi connectivity index (χ4v) is 6.87. The molecular weight excluding hydrogens is 472 g/mol. The summed E-state index contributed by atoms with van der Waals surface area (Å²) in [5.41, 5.74) is 2.10. The Balaban J connectivity index is 1.25. The highest BCUT2D eigenvalue weighted by molar-refractivity contribution is 7.89. The van der Waals surface area contributed by atoms with Crippen molar-refractivity contribution in [2.45, 2.75) is 37.5 Å². The molecule has 5 rings (SSSR count). The predicted octanol–water partition coefficient (Wildman–Crippen LogP) is 3.77. The van der Waals surface area contributed by atoms with E-state index in [1.807, 2.05) is 25.1 Å². The standard InChI is InChI=1S/C24H26N4O4S2/c1-16-25-21-14-19(7-10-22(21)33-16)28-15-17(13-23(28)29)24(30)26-18-5-8-20(9-6-18)34(31,32)27-11-3-2-4-12-27/h5-10,14,17H,2-4,11-13,15H2,1H3,(H,26,30). The molecule has 1 unspecified atom stereocenters. The van der Waals surface area contributed by atoms with Crippen LogP contribution in [0.25, 0.3) is 10.2 Å². The molecule has 34 heavy (non-hydrogen) atoms. The summed E-state index contributed by atoms with van der Waals surface area (Å²) in [6, 6.07) is 12.0. The molecule has 3 aromatic rings. The predicted molar refractivity (Wildman–Crippen MR) is 132 cm³/mol. The third-order valence-electron chi connectivity index (χ3n) is 6.36. The van der Waals surface area contributed by atoms with Gasteiger partial charge < -0.3 is 10.2 Å². The molecule has 2 fully saturated rings. The molecule has 178 valence electrons. The number of aryl methyl sites for hydroxylation is 1. The monoisotopic (exact) mass is 498 g/mol. The van der Waals surface area contributed by atoms with E-state index in [0.29, 0.717) is 25.3 Å². The third kappa shape index (κ3) is 4.45. The minimum absolute atomic E-state index is 0.102. The van der Waals surface area contributed by atoms with Crippen molar-refractivity contribution in [2.24, 2.45) is 5.92 Å². The van der Waals surface area contributed by atoms with Crippen LogP contribution < -0.4 is 10.2 Å². The maximum atomic E-state index is 12.9. The van der Waals surface area contributed by atoms with Crippen molar-refractivity contribution in [3.63, 3.8) is 0 Å². The molecular formula is C24H26N4O4S2. The summed E-state index contributed by atoms with van der Waals surface area (Å²) < 4.78 is 28.2. The zero-order chi connectivity index (χ0) is 23.9. The van der Waals surface area contributed by atoms with Gasteiger partial charge in [-0.3, -0.25) is 9.59 Å². The fraction of sp³-hybridized carbons (Fsp3) is 0.375. The second-order valence-electron chi connectivity index (χ2n) is 8.77. The van der Waals surface area contributed by atoms with Gasteiger partial charge in [-0.2, -0.15) is 4.31 Å². The molecule has 0 bridgehead atoms. The SMILES string of the molecule is Cc1nc2cc(N3CC(C(=O)Nc4ccc(S(=O)(=O)N5CCCCC5)cc4)CC3=O)ccc2s1. The number of benzene rings is 2. The minimum Gasteiger partial charge on any atom is -0.326 e. The van der Waals surface area contributed by atoms with Crippen molar-refractivity contribution < 1.29 is 18.0 Å². The van der Waals surface area contributed by atoms with Gasteiger partial charge in [0.05, 0.1) is 26.0 Å². The topological polar surface area (TPSA) is 99.7 Å². The number of anilines is 2. The van der Waals surface area contributed by atoms with Crippen LogP contribution in [0.1, 0.15) is 30.7 Å². The molecule has 2 saturated heterocycles. The van der Waals surface area contributed by atoms with Crippen LogP contribution in [0, 0.1) is 12.8 Å². The van der Waals surface area contributed by atoms with Crippen molar-refractivity contribution in [3.8, 4) is 0 Å². The average molecular weight is 499 g/mol. The highest BCUT2D eigenvalue weighted by Gasteiger charge is 2.35. The third-order valence-corrected chi connectivity index (χ3v) is 9.22. The zero-order valence-corrected chi connectivity index (χ0v) is 20.5. The first kappa shape index (κ1) is 22.9. The van der Waals surface area contributed by atoms with Gasteiger partial charge in [-0.1, -0.05) is 6.42 Å². The van der Waals surface area contributed by atoms with Crippen molar-refractivity contribution in [3.05, 3.63) is 47.5 Å². The number of amides is 2. The number of sulfonamides is 1. The Labute approximate surface area is 202 Å². The van der Waals surface area contributed by atoms with Crippen molar-refractivity contribution in [2.75, 3.05) is 29.9 Å². The summed E-state index contributed by atoms with van der Waals surface area (Å²) in [6.45, 7) is 3.33. The fourth-order valence-electron chi connectivity index (χ4n) is 4.54. The van der Waals surface area contributed by atoms with E-state index in [9.17, 15) is 18.0 Å². The number of hydrogen-bond acceptors (Lipinski definition) is 6. The van der Waals surface area contributed by atoms with E-state index in [1.54, 1.807) is 28.4 Å². The number of fused-ring (bicyclic) bond motifs is 1. The Morgan fingerprint density at radius 1 is 1.09 bits per heavy atom. The van der Waals surface area contributed by atoms with Crippen LogP contribution in [-0.2, 0) is 19.6 Å². The molecule has 2 aliphatic rings. The van der Waals surface area contributed by atoms with E-state index >= 15 is 0 Å². The molecule has 2 aromatic carbocycles. The lowest BCUT2D eigenvalue weighted by molar-refractivity contribution is -0.122. The molecule has 0 saturated carbocycles. The van der Waals surface area contributed by atoms with Crippen LogP contribution in [0.4, 0.5) is 11.4 Å². The number of rotatable bonds is 5. The molecule has 10 heteroatoms. The Bertz CT molecular complexity index is 1350. The molecule has 0 spiro atoms. The molecule has 1 N–H and O–H groups in total. The molecule has 1 aromatic heterocycles. The lowest BCUT2D eigenvalue weighted by Gasteiger charge is -2.25. The van der Waals surface area contributed by atoms with E-state index in [4.69, 9.17) is 0 Å². The quantitative estimate of drug-likeness (QED) is 0.577. The maximum Gasteiger partial charge on any atom is 0.243 e. The van der Waals surface area contributed by atoms with Gasteiger partial charge in [0.1, 0.15) is 0 Å². The molecule has 0 aliphatic carbocycles. The van der Waals surface area contributed by atoms with Crippen LogP contribution in [0.3, 0.4) is 0 Å². The Hall–Kier alpha value is -2.82. The number of hydrogen-bond donors (Lipinski definition) is 1. The van der Waals surface area contributed by atoms with Gasteiger partial charge in [-0.15, -0.1) is 11.3 Å². The highest BCUT2D eigenvalue weighted by Crippen LogP contribution is 2.31. The number of piperidine rings is 1. The minimum atomic E-state index is -3.52. The number of carbonyl (C=O) groups is 2. The number of carbonyl (C=O) groups excluding carboxylic acids is 2. The first-order chi connectivity index (χ1) is 16.3. The van der Waals surface area contributed by atoms with Crippen molar-refractivity contribution in [1.29, 1.82) is 0 Å². The Kier molecular flexibility index (Phi) is 6.13. The molecule has 0 radical (unpaired) electrons. The number of nitrogens with one attached hydrogen (secondary N) is 1. The molecule has 8 nitrogen and oxygen atoms in total. The van der Waals surface area contributed by atoms with Gasteiger partial charge in [-0.25, -0.2) is 13.4 Å². The second kappa shape index (κ2) is 9.09. The molecule has 2 aliphatic heterocycles. The molecule has 2 amide bonds. The van der Waals surface area contributed by atoms with Crippen LogP contribution in [0.5, 0.6) is 0 Å². The smallest absolute Gasteiger partial charge is 0.243 e. The maximum absolute atomic E-state index is 12.9. The first-order valence-electron chi connectivity index (χ1n) is 11.4. The van der Waals surface area contributed by atoms with Gasteiger partial charge in [0.15, 0.2) is 0 Å². The summed E-state index contributed by atoms with van der Waals surface area (Å²) in [5.74, 6) is -0.848. The van der Waals surface area contributed by atoms with Gasteiger partial charge in [0, 0.05) is 37.4 Å². The normalized spacial score (nSPS) is 19.6. The van der Waals surface area contributed by atoms with Gasteiger partial charge in [0.25, 0.3) is 0 Å². The lowest BCUT2D eigenvalue weighted by Crippen LogP contribution is -2.35. The highest BCUT2D eigenvalue weighted by atomic mass is 32.2. The second-order valence-corrected chi connectivity index (χ2v) is 11.9. The van der Waals surface area contributed by atoms with E-state index in [0.717, 1.165) is 40.2 Å². The van der Waals surface area contributed by atoms with E-state index < -0.39 is 15.9 Å². The molecule has 3 heterocycles. The first-order valence-corrected chi connectivity index (χ1v) is 13.7. The van der Waals surface area contributed by atoms with Crippen molar-refractivity contribution >= 4 is 54.8 Å². The van der Waals surface area contributed by atoms with E-state index in [1.165, 1.54) is 16.4 Å². The Morgan fingerprint density at radius 2 is 1.82 bits per heavy atom. The summed E-state index contributed by atoms with van der Waals surface area (Å²) >= 11 is 1.60. The summed E-state index contributed by atoms with van der Waals surface area (Å²) in [7, 11) is -3.52. The number of aromatic nitrogens is 1. The van der Waals surface area contributed by atoms with E-state index in [2.05, 4.69) is 10.3 Å². The summed E-state index contributed by atoms with van der Waals surface area (Å²) in [4.78, 5) is 31.8. The van der Waals surface area contributed by atoms with Crippen LogP contribution in [0.15, 0.2) is 47.4 Å². The van der Waals surface area contributed by atoms with Crippen LogP contribution in [-0.4, -0.2) is 49.2 Å². The van der Waals surface area contributed by atoms with Crippen LogP contribution in [0.2, 0.25) is 0 Å². The van der Waals surface area contributed by atoms with Crippen molar-refractivity contribution in [1.82, 2.24) is 9.29 Å². The Morgan fingerprint density at radius 3 is 2.56 bits per heavy atom. The summed E-state index contributed by atoms with van der Waals surface area (Å²) in [6.07, 6.45) is 2.93. The van der Waals surface area contributed by atoms with Gasteiger partial charge in [-0.05, 0) is 62.2 Å². The van der Waals surface area contributed by atoms with Gasteiger partial charge >= 0.3 is 0 Å². The summed E-state index contributed by atoms with van der Waals surface area (Å²) in [5, 5.41) is 3.80. The van der Waals surface area contributed by atoms with Gasteiger partial charge in [0.2, 0.25) is 21.8 Å². The van der Waals surface area contributed by atoms with E-state index in [-0.39, 0.29) is 23.1 Å². The number of nitrogens with zero attached hydrogens (tertiary/aromatic N) is 3. The largest absolute Gasteiger partial charge is 0.326 e. The zero-order valence-electron chi connectivity index (χ0n) is 18.9. The number of thiazole rings is 1. The van der Waals surface area contributed by atoms with Crippen LogP contribution >= 0.6 is 11.3 Å². The molecule has 1 atom stereocenters.